The molecule has 22 heavy (non-hydrogen) atoms. The van der Waals surface area contributed by atoms with E-state index in [1.165, 1.54) is 0 Å². The normalized spacial score (nSPS) is 26.5. The maximum Gasteiger partial charge on any atom is 0.131 e. The molecular formula is C17H21ClN2O2. The number of nitrogens with one attached hydrogen (secondary N) is 1. The van der Waals surface area contributed by atoms with Crippen LogP contribution in [0.2, 0.25) is 5.15 Å². The van der Waals surface area contributed by atoms with E-state index in [4.69, 9.17) is 16.3 Å². The number of aromatic nitrogens is 1. The van der Waals surface area contributed by atoms with Crippen LogP contribution < -0.4 is 5.32 Å². The van der Waals surface area contributed by atoms with Gasteiger partial charge in [0.15, 0.2) is 0 Å². The van der Waals surface area contributed by atoms with Gasteiger partial charge in [0.2, 0.25) is 0 Å². The van der Waals surface area contributed by atoms with E-state index in [0.717, 1.165) is 36.9 Å². The van der Waals surface area contributed by atoms with Crippen molar-refractivity contribution >= 4 is 17.3 Å². The van der Waals surface area contributed by atoms with Crippen molar-refractivity contribution in [2.75, 3.05) is 18.5 Å². The topological polar surface area (TPSA) is 54.4 Å². The molecule has 118 valence electrons. The van der Waals surface area contributed by atoms with E-state index in [1.807, 2.05) is 6.07 Å². The molecule has 1 aliphatic carbocycles. The number of ether oxygens (including phenoxy) is 1. The van der Waals surface area contributed by atoms with Crippen LogP contribution in [0.25, 0.3) is 0 Å². The monoisotopic (exact) mass is 320 g/mol. The lowest BCUT2D eigenvalue weighted by Gasteiger charge is -2.32. The lowest BCUT2D eigenvalue weighted by molar-refractivity contribution is -0.0648. The highest BCUT2D eigenvalue weighted by Gasteiger charge is 2.31. The fraction of sp³-hybridized carbons (Fsp3) is 0.588. The summed E-state index contributed by atoms with van der Waals surface area (Å²) in [6.07, 6.45) is 5.16. The Labute approximate surface area is 136 Å². The van der Waals surface area contributed by atoms with E-state index in [0.29, 0.717) is 24.4 Å². The SMILES string of the molecule is CC1(C#Cc2cnc(Cl)cc2NC2CCC(O)CC2)COC1. The summed E-state index contributed by atoms with van der Waals surface area (Å²) in [5.74, 6) is 6.50. The van der Waals surface area contributed by atoms with Crippen LogP contribution in [0.3, 0.4) is 0 Å². The van der Waals surface area contributed by atoms with Crippen LogP contribution in [0, 0.1) is 17.3 Å². The third-order valence-corrected chi connectivity index (χ3v) is 4.47. The van der Waals surface area contributed by atoms with Crippen LogP contribution in [0.15, 0.2) is 12.3 Å². The second kappa shape index (κ2) is 6.45. The average molecular weight is 321 g/mol. The zero-order valence-electron chi connectivity index (χ0n) is 12.7. The van der Waals surface area contributed by atoms with Gasteiger partial charge in [0, 0.05) is 12.2 Å². The van der Waals surface area contributed by atoms with Crippen molar-refractivity contribution in [3.8, 4) is 11.8 Å². The Kier molecular flexibility index (Phi) is 4.58. The lowest BCUT2D eigenvalue weighted by atomic mass is 9.89. The fourth-order valence-electron chi connectivity index (χ4n) is 2.79. The summed E-state index contributed by atoms with van der Waals surface area (Å²) in [5.41, 5.74) is 1.74. The van der Waals surface area contributed by atoms with Crippen molar-refractivity contribution in [1.82, 2.24) is 4.98 Å². The molecule has 0 unspecified atom stereocenters. The van der Waals surface area contributed by atoms with Gasteiger partial charge in [-0.2, -0.15) is 0 Å². The quantitative estimate of drug-likeness (QED) is 0.650. The maximum atomic E-state index is 9.61. The van der Waals surface area contributed by atoms with Gasteiger partial charge in [0.1, 0.15) is 5.15 Å². The van der Waals surface area contributed by atoms with Gasteiger partial charge >= 0.3 is 0 Å². The van der Waals surface area contributed by atoms with Crippen LogP contribution in [-0.2, 0) is 4.74 Å². The number of pyridine rings is 1. The molecule has 0 amide bonds. The number of hydrogen-bond acceptors (Lipinski definition) is 4. The summed E-state index contributed by atoms with van der Waals surface area (Å²) in [7, 11) is 0. The van der Waals surface area contributed by atoms with E-state index in [1.54, 1.807) is 6.20 Å². The van der Waals surface area contributed by atoms with Gasteiger partial charge in [-0.25, -0.2) is 4.98 Å². The predicted molar refractivity (Wildman–Crippen MR) is 86.9 cm³/mol. The van der Waals surface area contributed by atoms with Crippen molar-refractivity contribution in [3.05, 3.63) is 23.0 Å². The summed E-state index contributed by atoms with van der Waals surface area (Å²) < 4.78 is 5.23. The van der Waals surface area contributed by atoms with Crippen molar-refractivity contribution in [2.24, 2.45) is 5.41 Å². The van der Waals surface area contributed by atoms with Crippen LogP contribution in [0.1, 0.15) is 38.2 Å². The van der Waals surface area contributed by atoms with Crippen molar-refractivity contribution in [3.63, 3.8) is 0 Å². The van der Waals surface area contributed by atoms with Gasteiger partial charge in [-0.3, -0.25) is 0 Å². The Morgan fingerprint density at radius 1 is 1.36 bits per heavy atom. The molecule has 2 aliphatic rings. The Bertz CT molecular complexity index is 596. The summed E-state index contributed by atoms with van der Waals surface area (Å²) in [5, 5.41) is 13.6. The first-order chi connectivity index (χ1) is 10.5. The Hall–Kier alpha value is -1.28. The number of aliphatic hydroxyl groups is 1. The summed E-state index contributed by atoms with van der Waals surface area (Å²) >= 11 is 6.03. The maximum absolute atomic E-state index is 9.61. The van der Waals surface area contributed by atoms with Gasteiger partial charge in [0.25, 0.3) is 0 Å². The molecule has 5 heteroatoms. The minimum atomic E-state index is -0.156. The molecule has 3 rings (SSSR count). The second-order valence-corrected chi connectivity index (χ2v) is 6.89. The summed E-state index contributed by atoms with van der Waals surface area (Å²) in [6, 6.07) is 2.18. The molecule has 1 saturated carbocycles. The van der Waals surface area contributed by atoms with Crippen molar-refractivity contribution < 1.29 is 9.84 Å². The highest BCUT2D eigenvalue weighted by Crippen LogP contribution is 2.27. The minimum Gasteiger partial charge on any atom is -0.393 e. The number of nitrogens with zero attached hydrogens (tertiary/aromatic N) is 1. The first kappa shape index (κ1) is 15.6. The number of anilines is 1. The third-order valence-electron chi connectivity index (χ3n) is 4.27. The predicted octanol–water partition coefficient (Wildman–Crippen LogP) is 2.84. The first-order valence-corrected chi connectivity index (χ1v) is 8.13. The number of rotatable bonds is 2. The van der Waals surface area contributed by atoms with Gasteiger partial charge < -0.3 is 15.2 Å². The molecule has 0 radical (unpaired) electrons. The average Bonchev–Trinajstić information content (AvgIpc) is 2.47. The number of hydrogen-bond donors (Lipinski definition) is 2. The van der Waals surface area contributed by atoms with Gasteiger partial charge in [-0.05, 0) is 38.7 Å². The van der Waals surface area contributed by atoms with Crippen LogP contribution >= 0.6 is 11.6 Å². The molecule has 0 aromatic carbocycles. The Morgan fingerprint density at radius 3 is 2.73 bits per heavy atom. The van der Waals surface area contributed by atoms with Crippen LogP contribution in [-0.4, -0.2) is 35.5 Å². The number of halogens is 1. The van der Waals surface area contributed by atoms with E-state index >= 15 is 0 Å². The Balaban J connectivity index is 1.76. The molecule has 2 N–H and O–H groups in total. The van der Waals surface area contributed by atoms with E-state index < -0.39 is 0 Å². The minimum absolute atomic E-state index is 0.0497. The highest BCUT2D eigenvalue weighted by molar-refractivity contribution is 6.29. The second-order valence-electron chi connectivity index (χ2n) is 6.51. The van der Waals surface area contributed by atoms with E-state index in [2.05, 4.69) is 29.1 Å². The van der Waals surface area contributed by atoms with Crippen molar-refractivity contribution in [2.45, 2.75) is 44.8 Å². The molecule has 0 atom stereocenters. The van der Waals surface area contributed by atoms with E-state index in [-0.39, 0.29) is 11.5 Å². The molecule has 1 aromatic rings. The molecule has 0 spiro atoms. The lowest BCUT2D eigenvalue weighted by Crippen LogP contribution is -2.38. The molecule has 2 fully saturated rings. The standard InChI is InChI=1S/C17H21ClN2O2/c1-17(10-22-11-17)7-6-12-9-19-16(18)8-15(12)20-13-2-4-14(21)5-3-13/h8-9,13-14,21H,2-5,10-11H2,1H3,(H,19,20). The summed E-state index contributed by atoms with van der Waals surface area (Å²) in [4.78, 5) is 4.14. The molecule has 1 aliphatic heterocycles. The number of aliphatic hydroxyl groups excluding tert-OH is 1. The van der Waals surface area contributed by atoms with Gasteiger partial charge in [-0.15, -0.1) is 0 Å². The van der Waals surface area contributed by atoms with E-state index in [9.17, 15) is 5.11 Å². The first-order valence-electron chi connectivity index (χ1n) is 7.75. The van der Waals surface area contributed by atoms with Gasteiger partial charge in [-0.1, -0.05) is 23.4 Å². The third kappa shape index (κ3) is 3.73. The molecule has 1 saturated heterocycles. The highest BCUT2D eigenvalue weighted by atomic mass is 35.5. The molecule has 0 bridgehead atoms. The molecule has 1 aromatic heterocycles. The smallest absolute Gasteiger partial charge is 0.131 e. The van der Waals surface area contributed by atoms with Gasteiger partial charge in [0.05, 0.1) is 36.0 Å². The largest absolute Gasteiger partial charge is 0.393 e. The Morgan fingerprint density at radius 2 is 2.09 bits per heavy atom. The zero-order valence-corrected chi connectivity index (χ0v) is 13.5. The van der Waals surface area contributed by atoms with Crippen LogP contribution in [0.5, 0.6) is 0 Å². The fourth-order valence-corrected chi connectivity index (χ4v) is 2.95. The molecule has 2 heterocycles. The summed E-state index contributed by atoms with van der Waals surface area (Å²) in [6.45, 7) is 3.47. The van der Waals surface area contributed by atoms with Crippen molar-refractivity contribution in [1.29, 1.82) is 0 Å². The molecule has 4 nitrogen and oxygen atoms in total. The van der Waals surface area contributed by atoms with Crippen LogP contribution in [0.4, 0.5) is 5.69 Å². The zero-order chi connectivity index (χ0) is 15.6. The molecular weight excluding hydrogens is 300 g/mol.